The summed E-state index contributed by atoms with van der Waals surface area (Å²) in [5, 5.41) is 15.0. The zero-order chi connectivity index (χ0) is 14.0. The fourth-order valence-electron chi connectivity index (χ4n) is 1.21. The third kappa shape index (κ3) is 3.57. The quantitative estimate of drug-likeness (QED) is 0.342. The molecule has 0 spiro atoms. The van der Waals surface area contributed by atoms with Crippen LogP contribution in [0, 0.1) is 5.41 Å². The molecule has 0 radical (unpaired) electrons. The first-order valence-electron chi connectivity index (χ1n) is 4.53. The zero-order valence-corrected chi connectivity index (χ0v) is 9.58. The van der Waals surface area contributed by atoms with E-state index >= 15 is 0 Å². The molecular weight excluding hydrogens is 279 g/mol. The molecule has 0 aliphatic carbocycles. The molecule has 0 aliphatic heterocycles. The maximum absolute atomic E-state index is 13.4. The summed E-state index contributed by atoms with van der Waals surface area (Å²) in [4.78, 5) is 0. The minimum atomic E-state index is -5.23. The van der Waals surface area contributed by atoms with Crippen molar-refractivity contribution in [3.05, 3.63) is 35.4 Å². The molecule has 102 valence electrons. The third-order valence-corrected chi connectivity index (χ3v) is 2.73. The van der Waals surface area contributed by atoms with Gasteiger partial charge in [-0.05, 0) is 5.56 Å². The van der Waals surface area contributed by atoms with Gasteiger partial charge in [0, 0.05) is 5.56 Å². The average molecular weight is 288 g/mol. The first-order chi connectivity index (χ1) is 8.16. The van der Waals surface area contributed by atoms with E-state index in [0.717, 1.165) is 29.7 Å². The number of hydrogen-bond donors (Lipinski definition) is 3. The van der Waals surface area contributed by atoms with Crippen molar-refractivity contribution in [1.82, 2.24) is 5.48 Å². The van der Waals surface area contributed by atoms with E-state index in [2.05, 4.69) is 0 Å². The summed E-state index contributed by atoms with van der Waals surface area (Å²) in [6.45, 7) is 0. The monoisotopic (exact) mass is 288 g/mol. The minimum Gasteiger partial charge on any atom is -0.290 e. The summed E-state index contributed by atoms with van der Waals surface area (Å²) in [5.74, 6) is -6.36. The molecule has 0 bridgehead atoms. The van der Waals surface area contributed by atoms with E-state index in [1.165, 1.54) is 0 Å². The molecule has 1 rings (SSSR count). The van der Waals surface area contributed by atoms with Crippen molar-refractivity contribution < 1.29 is 25.6 Å². The minimum absolute atomic E-state index is 0.125. The first kappa shape index (κ1) is 14.7. The van der Waals surface area contributed by atoms with Crippen LogP contribution in [0.25, 0.3) is 0 Å². The lowest BCUT2D eigenvalue weighted by Gasteiger charge is -2.17. The summed E-state index contributed by atoms with van der Waals surface area (Å²) in [7, 11) is 0. The Bertz CT molecular complexity index is 432. The van der Waals surface area contributed by atoms with Crippen molar-refractivity contribution in [2.45, 2.75) is 11.7 Å². The van der Waals surface area contributed by atoms with Crippen molar-refractivity contribution in [2.75, 3.05) is 0 Å². The van der Waals surface area contributed by atoms with E-state index in [9.17, 15) is 20.4 Å². The molecule has 3 nitrogen and oxygen atoms in total. The molecule has 18 heavy (non-hydrogen) atoms. The van der Waals surface area contributed by atoms with E-state index in [1.54, 1.807) is 0 Å². The molecule has 1 aromatic carbocycles. The number of rotatable bonds is 4. The SMILES string of the molecule is N=C(NO)C(F)(F)c1ccc(CS(F)(F)F)cc1. The van der Waals surface area contributed by atoms with E-state index < -0.39 is 34.3 Å². The molecular formula is C9H9F5N2OS. The number of alkyl halides is 2. The maximum atomic E-state index is 13.4. The smallest absolute Gasteiger partial charge is 0.290 e. The molecule has 0 aliphatic rings. The molecule has 0 fully saturated rings. The second kappa shape index (κ2) is 5.11. The third-order valence-electron chi connectivity index (χ3n) is 2.07. The van der Waals surface area contributed by atoms with Gasteiger partial charge in [-0.1, -0.05) is 24.3 Å². The molecule has 3 N–H and O–H groups in total. The fourth-order valence-corrected chi connectivity index (χ4v) is 1.78. The molecule has 1 aromatic rings. The summed E-state index contributed by atoms with van der Waals surface area (Å²) >= 11 is -5.23. The van der Waals surface area contributed by atoms with Gasteiger partial charge in [0.05, 0.1) is 5.75 Å². The summed E-state index contributed by atoms with van der Waals surface area (Å²) in [6, 6.07) is 3.45. The standard InChI is InChI=1S/C9H9F5N2OS/c10-9(11,8(15)16-17)7-3-1-6(2-4-7)5-18(12,13)14/h1-4,17H,5H2,(H2,15,16). The Kier molecular flexibility index (Phi) is 4.17. The van der Waals surface area contributed by atoms with E-state index in [0.29, 0.717) is 0 Å². The van der Waals surface area contributed by atoms with E-state index in [1.807, 2.05) is 0 Å². The lowest BCUT2D eigenvalue weighted by molar-refractivity contribution is 0.0560. The Labute approximate surface area is 101 Å². The van der Waals surface area contributed by atoms with Crippen molar-refractivity contribution in [3.8, 4) is 0 Å². The van der Waals surface area contributed by atoms with Gasteiger partial charge in [-0.3, -0.25) is 16.1 Å². The van der Waals surface area contributed by atoms with Crippen molar-refractivity contribution in [2.24, 2.45) is 0 Å². The van der Waals surface area contributed by atoms with Crippen LogP contribution in [0.3, 0.4) is 0 Å². The van der Waals surface area contributed by atoms with Crippen molar-refractivity contribution >= 4 is 17.0 Å². The number of nitrogens with one attached hydrogen (secondary N) is 2. The Balaban J connectivity index is 2.92. The van der Waals surface area contributed by atoms with Crippen LogP contribution in [0.1, 0.15) is 11.1 Å². The Morgan fingerprint density at radius 1 is 1.22 bits per heavy atom. The van der Waals surface area contributed by atoms with Gasteiger partial charge in [0.15, 0.2) is 5.84 Å². The number of halogens is 5. The number of hydrogen-bond acceptors (Lipinski definition) is 2. The summed E-state index contributed by atoms with van der Waals surface area (Å²) in [5.41, 5.74) is 0.218. The van der Waals surface area contributed by atoms with Gasteiger partial charge in [0.25, 0.3) is 0 Å². The van der Waals surface area contributed by atoms with E-state index in [-0.39, 0.29) is 5.56 Å². The van der Waals surface area contributed by atoms with Crippen LogP contribution in [0.15, 0.2) is 24.3 Å². The fraction of sp³-hybridized carbons (Fsp3) is 0.222. The molecule has 0 atom stereocenters. The summed E-state index contributed by atoms with van der Waals surface area (Å²) in [6.07, 6.45) is 0. The van der Waals surface area contributed by atoms with Crippen LogP contribution >= 0.6 is 11.2 Å². The van der Waals surface area contributed by atoms with Crippen LogP contribution in [0.4, 0.5) is 20.4 Å². The van der Waals surface area contributed by atoms with Crippen LogP contribution in [-0.4, -0.2) is 11.0 Å². The van der Waals surface area contributed by atoms with Gasteiger partial charge in [0.1, 0.15) is 0 Å². The second-order valence-corrected chi connectivity index (χ2v) is 4.70. The van der Waals surface area contributed by atoms with Gasteiger partial charge in [0.2, 0.25) is 11.2 Å². The van der Waals surface area contributed by atoms with Crippen LogP contribution in [-0.2, 0) is 11.7 Å². The predicted molar refractivity (Wildman–Crippen MR) is 57.6 cm³/mol. The normalized spacial score (nSPS) is 13.2. The largest absolute Gasteiger partial charge is 0.331 e. The molecule has 0 saturated heterocycles. The maximum Gasteiger partial charge on any atom is 0.331 e. The molecule has 0 saturated carbocycles. The highest BCUT2D eigenvalue weighted by Gasteiger charge is 2.37. The van der Waals surface area contributed by atoms with Crippen molar-refractivity contribution in [1.29, 1.82) is 5.41 Å². The molecule has 0 heterocycles. The number of amidine groups is 1. The predicted octanol–water partition coefficient (Wildman–Crippen LogP) is 3.69. The topological polar surface area (TPSA) is 56.1 Å². The van der Waals surface area contributed by atoms with Crippen molar-refractivity contribution in [3.63, 3.8) is 0 Å². The van der Waals surface area contributed by atoms with Crippen LogP contribution in [0.5, 0.6) is 0 Å². The summed E-state index contributed by atoms with van der Waals surface area (Å²) < 4.78 is 63.1. The van der Waals surface area contributed by atoms with Gasteiger partial charge in [-0.25, -0.2) is 0 Å². The molecule has 0 aromatic heterocycles. The Morgan fingerprint density at radius 3 is 2.11 bits per heavy atom. The zero-order valence-electron chi connectivity index (χ0n) is 8.76. The highest BCUT2D eigenvalue weighted by molar-refractivity contribution is 8.20. The highest BCUT2D eigenvalue weighted by atomic mass is 32.3. The van der Waals surface area contributed by atoms with E-state index in [4.69, 9.17) is 10.6 Å². The highest BCUT2D eigenvalue weighted by Crippen LogP contribution is 2.55. The van der Waals surface area contributed by atoms with Gasteiger partial charge >= 0.3 is 5.92 Å². The van der Waals surface area contributed by atoms with Crippen LogP contribution in [0.2, 0.25) is 0 Å². The average Bonchev–Trinajstić information content (AvgIpc) is 2.26. The Hall–Kier alpha value is -1.35. The number of hydroxylamine groups is 1. The lowest BCUT2D eigenvalue weighted by Crippen LogP contribution is -2.35. The molecule has 0 unspecified atom stereocenters. The lowest BCUT2D eigenvalue weighted by atomic mass is 10.1. The number of benzene rings is 1. The van der Waals surface area contributed by atoms with Gasteiger partial charge in [-0.2, -0.15) is 8.78 Å². The first-order valence-corrected chi connectivity index (χ1v) is 6.03. The Morgan fingerprint density at radius 2 is 1.72 bits per heavy atom. The molecule has 0 amide bonds. The molecule has 9 heteroatoms. The van der Waals surface area contributed by atoms with Crippen LogP contribution < -0.4 is 5.48 Å². The van der Waals surface area contributed by atoms with Gasteiger partial charge in [-0.15, -0.1) is 11.7 Å². The second-order valence-electron chi connectivity index (χ2n) is 3.40. The van der Waals surface area contributed by atoms with Gasteiger partial charge < -0.3 is 0 Å².